The molecule has 1 atom stereocenters. The molecule has 0 aliphatic rings. The monoisotopic (exact) mass is 316 g/mol. The molecule has 18 heavy (non-hydrogen) atoms. The highest BCUT2D eigenvalue weighted by Crippen LogP contribution is 2.28. The molecule has 1 nitrogen and oxygen atoms in total. The lowest BCUT2D eigenvalue weighted by atomic mass is 10.0. The van der Waals surface area contributed by atoms with E-state index in [1.165, 1.54) is 12.1 Å². The molecule has 0 radical (unpaired) electrons. The minimum absolute atomic E-state index is 0.117. The van der Waals surface area contributed by atoms with Crippen molar-refractivity contribution in [1.29, 1.82) is 0 Å². The van der Waals surface area contributed by atoms with E-state index in [2.05, 4.69) is 15.9 Å². The van der Waals surface area contributed by atoms with Gasteiger partial charge < -0.3 is 5.11 Å². The Hall–Kier alpha value is -1.33. The van der Waals surface area contributed by atoms with Crippen LogP contribution in [-0.4, -0.2) is 5.11 Å². The maximum atomic E-state index is 13.5. The number of benzene rings is 2. The number of halogens is 4. The van der Waals surface area contributed by atoms with Crippen molar-refractivity contribution < 1.29 is 18.3 Å². The molecule has 0 spiro atoms. The van der Waals surface area contributed by atoms with E-state index in [9.17, 15) is 18.3 Å². The summed E-state index contributed by atoms with van der Waals surface area (Å²) in [6.45, 7) is 0. The molecule has 0 aliphatic carbocycles. The van der Waals surface area contributed by atoms with Crippen LogP contribution in [0.4, 0.5) is 13.2 Å². The maximum Gasteiger partial charge on any atom is 0.129 e. The third-order valence-electron chi connectivity index (χ3n) is 2.51. The summed E-state index contributed by atoms with van der Waals surface area (Å²) in [4.78, 5) is 0. The SMILES string of the molecule is OC(c1cc(F)ccc1F)c1cc(Br)ccc1F. The van der Waals surface area contributed by atoms with Gasteiger partial charge in [-0.3, -0.25) is 0 Å². The zero-order valence-corrected chi connectivity index (χ0v) is 10.6. The lowest BCUT2D eigenvalue weighted by molar-refractivity contribution is 0.209. The predicted molar refractivity (Wildman–Crippen MR) is 64.5 cm³/mol. The molecule has 2 rings (SSSR count). The van der Waals surface area contributed by atoms with Crippen LogP contribution in [0.1, 0.15) is 17.2 Å². The molecule has 0 aromatic heterocycles. The normalized spacial score (nSPS) is 12.5. The Morgan fingerprint density at radius 2 is 1.44 bits per heavy atom. The molecule has 5 heteroatoms. The topological polar surface area (TPSA) is 20.2 Å². The van der Waals surface area contributed by atoms with E-state index in [-0.39, 0.29) is 11.1 Å². The summed E-state index contributed by atoms with van der Waals surface area (Å²) in [5.74, 6) is -2.17. The van der Waals surface area contributed by atoms with Crippen LogP contribution < -0.4 is 0 Å². The molecule has 1 N–H and O–H groups in total. The van der Waals surface area contributed by atoms with E-state index in [1.54, 1.807) is 0 Å². The van der Waals surface area contributed by atoms with Gasteiger partial charge in [-0.15, -0.1) is 0 Å². The fourth-order valence-electron chi connectivity index (χ4n) is 1.62. The highest BCUT2D eigenvalue weighted by Gasteiger charge is 2.19. The summed E-state index contributed by atoms with van der Waals surface area (Å²) in [6, 6.07) is 6.59. The van der Waals surface area contributed by atoms with Crippen LogP contribution >= 0.6 is 15.9 Å². The van der Waals surface area contributed by atoms with Gasteiger partial charge in [-0.2, -0.15) is 0 Å². The summed E-state index contributed by atoms with van der Waals surface area (Å²) in [5, 5.41) is 9.93. The van der Waals surface area contributed by atoms with E-state index in [4.69, 9.17) is 0 Å². The van der Waals surface area contributed by atoms with Gasteiger partial charge in [0.25, 0.3) is 0 Å². The number of hydrogen-bond donors (Lipinski definition) is 1. The number of hydrogen-bond acceptors (Lipinski definition) is 1. The van der Waals surface area contributed by atoms with Crippen LogP contribution in [0, 0.1) is 17.5 Å². The molecule has 0 saturated heterocycles. The van der Waals surface area contributed by atoms with Gasteiger partial charge in [-0.05, 0) is 36.4 Å². The maximum absolute atomic E-state index is 13.5. The summed E-state index contributed by atoms with van der Waals surface area (Å²) in [6.07, 6.45) is -1.56. The van der Waals surface area contributed by atoms with Gasteiger partial charge in [0, 0.05) is 15.6 Å². The van der Waals surface area contributed by atoms with Crippen LogP contribution in [0.5, 0.6) is 0 Å². The first kappa shape index (κ1) is 13.1. The number of rotatable bonds is 2. The Morgan fingerprint density at radius 1 is 0.889 bits per heavy atom. The molecule has 0 saturated carbocycles. The van der Waals surface area contributed by atoms with Crippen molar-refractivity contribution in [2.75, 3.05) is 0 Å². The minimum atomic E-state index is -1.56. The van der Waals surface area contributed by atoms with E-state index < -0.39 is 23.6 Å². The van der Waals surface area contributed by atoms with Crippen molar-refractivity contribution in [2.45, 2.75) is 6.10 Å². The molecule has 0 heterocycles. The molecule has 0 amide bonds. The van der Waals surface area contributed by atoms with Gasteiger partial charge in [0.2, 0.25) is 0 Å². The Labute approximate surface area is 110 Å². The number of aliphatic hydroxyl groups excluding tert-OH is 1. The Kier molecular flexibility index (Phi) is 3.73. The summed E-state index contributed by atoms with van der Waals surface area (Å²) < 4.78 is 40.6. The molecule has 0 fully saturated rings. The number of aliphatic hydroxyl groups is 1. The summed E-state index contributed by atoms with van der Waals surface area (Å²) >= 11 is 3.12. The van der Waals surface area contributed by atoms with Gasteiger partial charge in [0.1, 0.15) is 23.6 Å². The van der Waals surface area contributed by atoms with Gasteiger partial charge in [-0.25, -0.2) is 13.2 Å². The second-order valence-electron chi connectivity index (χ2n) is 3.73. The van der Waals surface area contributed by atoms with Crippen molar-refractivity contribution in [3.63, 3.8) is 0 Å². The van der Waals surface area contributed by atoms with E-state index in [0.29, 0.717) is 4.47 Å². The Balaban J connectivity index is 2.50. The van der Waals surface area contributed by atoms with Gasteiger partial charge in [-0.1, -0.05) is 15.9 Å². The van der Waals surface area contributed by atoms with Gasteiger partial charge >= 0.3 is 0 Å². The van der Waals surface area contributed by atoms with Gasteiger partial charge in [0.05, 0.1) is 0 Å². The Bertz CT molecular complexity index is 535. The van der Waals surface area contributed by atoms with Crippen LogP contribution in [0.2, 0.25) is 0 Å². The van der Waals surface area contributed by atoms with E-state index >= 15 is 0 Å². The Morgan fingerprint density at radius 3 is 2.11 bits per heavy atom. The summed E-state index contributed by atoms with van der Waals surface area (Å²) in [5.41, 5.74) is -0.416. The highest BCUT2D eigenvalue weighted by atomic mass is 79.9. The smallest absolute Gasteiger partial charge is 0.129 e. The third-order valence-corrected chi connectivity index (χ3v) is 3.00. The first-order valence-corrected chi connectivity index (χ1v) is 5.86. The van der Waals surface area contributed by atoms with Crippen molar-refractivity contribution in [3.8, 4) is 0 Å². The zero-order valence-electron chi connectivity index (χ0n) is 9.00. The largest absolute Gasteiger partial charge is 0.383 e. The summed E-state index contributed by atoms with van der Waals surface area (Å²) in [7, 11) is 0. The standard InChI is InChI=1S/C13H8BrF3O/c14-7-1-3-11(16)9(5-7)13(18)10-6-8(15)2-4-12(10)17/h1-6,13,18H. The molecule has 1 unspecified atom stereocenters. The molecular weight excluding hydrogens is 309 g/mol. The van der Waals surface area contributed by atoms with Gasteiger partial charge in [0.15, 0.2) is 0 Å². The third kappa shape index (κ3) is 2.57. The second kappa shape index (κ2) is 5.12. The lowest BCUT2D eigenvalue weighted by Gasteiger charge is -2.13. The highest BCUT2D eigenvalue weighted by molar-refractivity contribution is 9.10. The molecule has 0 aliphatic heterocycles. The molecule has 2 aromatic carbocycles. The van der Waals surface area contributed by atoms with Crippen molar-refractivity contribution >= 4 is 15.9 Å². The quantitative estimate of drug-likeness (QED) is 0.889. The second-order valence-corrected chi connectivity index (χ2v) is 4.65. The van der Waals surface area contributed by atoms with Crippen LogP contribution in [0.15, 0.2) is 40.9 Å². The van der Waals surface area contributed by atoms with E-state index in [1.807, 2.05) is 0 Å². The fraction of sp³-hybridized carbons (Fsp3) is 0.0769. The zero-order chi connectivity index (χ0) is 13.3. The minimum Gasteiger partial charge on any atom is -0.383 e. The first-order chi connectivity index (χ1) is 8.49. The molecule has 2 aromatic rings. The fourth-order valence-corrected chi connectivity index (χ4v) is 1.99. The van der Waals surface area contributed by atoms with Crippen LogP contribution in [0.25, 0.3) is 0 Å². The van der Waals surface area contributed by atoms with Crippen molar-refractivity contribution in [3.05, 3.63) is 69.4 Å². The molecule has 94 valence electrons. The van der Waals surface area contributed by atoms with Crippen LogP contribution in [-0.2, 0) is 0 Å². The predicted octanol–water partition coefficient (Wildman–Crippen LogP) is 3.95. The first-order valence-electron chi connectivity index (χ1n) is 5.07. The van der Waals surface area contributed by atoms with Crippen LogP contribution in [0.3, 0.4) is 0 Å². The average Bonchev–Trinajstić information content (AvgIpc) is 2.34. The average molecular weight is 317 g/mol. The molecule has 0 bridgehead atoms. The molecular formula is C13H8BrF3O. The lowest BCUT2D eigenvalue weighted by Crippen LogP contribution is -2.05. The van der Waals surface area contributed by atoms with Crippen molar-refractivity contribution in [1.82, 2.24) is 0 Å². The van der Waals surface area contributed by atoms with E-state index in [0.717, 1.165) is 24.3 Å². The van der Waals surface area contributed by atoms with Crippen molar-refractivity contribution in [2.24, 2.45) is 0 Å².